The second kappa shape index (κ2) is 22.2. The predicted octanol–water partition coefficient (Wildman–Crippen LogP) is 0.811. The minimum Gasteiger partial charge on any atom is -0.480 e. The molecular formula is C35H49N9O6. The molecule has 0 radical (unpaired) electrons. The van der Waals surface area contributed by atoms with E-state index < -0.39 is 53.8 Å². The van der Waals surface area contributed by atoms with Gasteiger partial charge >= 0.3 is 5.97 Å². The second-order valence-corrected chi connectivity index (χ2v) is 11.8. The maximum absolute atomic E-state index is 13.7. The van der Waals surface area contributed by atoms with Gasteiger partial charge in [0, 0.05) is 18.5 Å². The Bertz CT molecular complexity index is 1470. The van der Waals surface area contributed by atoms with Crippen LogP contribution in [0.2, 0.25) is 0 Å². The first-order chi connectivity index (χ1) is 24.0. The smallest absolute Gasteiger partial charge is 0.326 e. The van der Waals surface area contributed by atoms with Crippen LogP contribution in [-0.4, -0.2) is 77.9 Å². The number of amides is 4. The van der Waals surface area contributed by atoms with Crippen molar-refractivity contribution in [3.05, 3.63) is 71.3 Å². The molecule has 50 heavy (non-hydrogen) atoms. The molecule has 0 unspecified atom stereocenters. The lowest BCUT2D eigenvalue weighted by Gasteiger charge is -2.26. The number of guanidine groups is 1. The number of benzene rings is 2. The van der Waals surface area contributed by atoms with Crippen molar-refractivity contribution in [2.45, 2.75) is 88.9 Å². The molecule has 270 valence electrons. The maximum Gasteiger partial charge on any atom is 0.326 e. The van der Waals surface area contributed by atoms with E-state index in [1.165, 1.54) is 0 Å². The van der Waals surface area contributed by atoms with E-state index in [0.29, 0.717) is 48.9 Å². The number of aliphatic imine (C=N–C) groups is 1. The highest BCUT2D eigenvalue weighted by molar-refractivity contribution is 5.99. The molecule has 15 nitrogen and oxygen atoms in total. The summed E-state index contributed by atoms with van der Waals surface area (Å²) in [6, 6.07) is 12.2. The number of carboxylic acid groups (broad SMARTS) is 1. The van der Waals surface area contributed by atoms with Gasteiger partial charge < -0.3 is 43.6 Å². The van der Waals surface area contributed by atoms with Crippen molar-refractivity contribution in [1.82, 2.24) is 21.3 Å². The van der Waals surface area contributed by atoms with Gasteiger partial charge in [0.05, 0.1) is 11.6 Å². The Balaban J connectivity index is 2.27. The number of nitrogens with zero attached hydrogens (tertiary/aromatic N) is 2. The van der Waals surface area contributed by atoms with Crippen LogP contribution in [0.1, 0.15) is 79.8 Å². The predicted molar refractivity (Wildman–Crippen MR) is 188 cm³/mol. The van der Waals surface area contributed by atoms with Crippen LogP contribution in [0.15, 0.2) is 59.6 Å². The number of hydrogen-bond donors (Lipinski definition) is 8. The number of carboxylic acids is 1. The van der Waals surface area contributed by atoms with Gasteiger partial charge in [-0.2, -0.15) is 5.26 Å². The summed E-state index contributed by atoms with van der Waals surface area (Å²) < 4.78 is 0. The molecule has 0 aliphatic carbocycles. The average molecular weight is 692 g/mol. The van der Waals surface area contributed by atoms with E-state index in [1.54, 1.807) is 54.6 Å². The number of nitrogens with two attached hydrogens (primary N) is 3. The number of aliphatic carboxylic acids is 1. The van der Waals surface area contributed by atoms with Crippen LogP contribution >= 0.6 is 0 Å². The third kappa shape index (κ3) is 14.7. The lowest BCUT2D eigenvalue weighted by atomic mass is 10.0. The number of carbonyl (C=O) groups excluding carboxylic acids is 4. The van der Waals surface area contributed by atoms with Crippen LogP contribution < -0.4 is 38.5 Å². The van der Waals surface area contributed by atoms with Gasteiger partial charge in [-0.1, -0.05) is 50.1 Å². The van der Waals surface area contributed by atoms with E-state index in [0.717, 1.165) is 6.42 Å². The first-order valence-electron chi connectivity index (χ1n) is 16.7. The summed E-state index contributed by atoms with van der Waals surface area (Å²) in [5, 5.41) is 29.7. The van der Waals surface area contributed by atoms with Gasteiger partial charge in [0.15, 0.2) is 5.96 Å². The number of hydrogen-bond acceptors (Lipinski definition) is 8. The lowest BCUT2D eigenvalue weighted by molar-refractivity contribution is -0.142. The molecule has 0 spiro atoms. The molecule has 0 aromatic heterocycles. The van der Waals surface area contributed by atoms with E-state index in [-0.39, 0.29) is 38.2 Å². The summed E-state index contributed by atoms with van der Waals surface area (Å²) in [7, 11) is 0. The van der Waals surface area contributed by atoms with Crippen molar-refractivity contribution in [2.24, 2.45) is 22.2 Å². The Kier molecular flexibility index (Phi) is 18.1. The fourth-order valence-corrected chi connectivity index (χ4v) is 5.01. The van der Waals surface area contributed by atoms with Gasteiger partial charge in [-0.05, 0) is 74.9 Å². The first-order valence-corrected chi connectivity index (χ1v) is 16.7. The van der Waals surface area contributed by atoms with Crippen molar-refractivity contribution < 1.29 is 29.1 Å². The molecule has 2 rings (SSSR count). The van der Waals surface area contributed by atoms with Crippen molar-refractivity contribution in [3.63, 3.8) is 0 Å². The zero-order chi connectivity index (χ0) is 36.9. The van der Waals surface area contributed by atoms with Crippen molar-refractivity contribution in [3.8, 4) is 6.07 Å². The van der Waals surface area contributed by atoms with Crippen LogP contribution in [0.5, 0.6) is 0 Å². The monoisotopic (exact) mass is 691 g/mol. The van der Waals surface area contributed by atoms with Crippen LogP contribution in [0.3, 0.4) is 0 Å². The van der Waals surface area contributed by atoms with Gasteiger partial charge in [-0.3, -0.25) is 24.2 Å². The number of nitrogens with one attached hydrogen (secondary N) is 4. The number of rotatable bonds is 22. The summed E-state index contributed by atoms with van der Waals surface area (Å²) in [4.78, 5) is 69.8. The van der Waals surface area contributed by atoms with Gasteiger partial charge in [0.1, 0.15) is 24.2 Å². The highest BCUT2D eigenvalue weighted by Crippen LogP contribution is 2.11. The molecule has 0 heterocycles. The summed E-state index contributed by atoms with van der Waals surface area (Å²) in [5.41, 5.74) is 17.9. The SMILES string of the molecule is CCCC[C@H](NC(=O)c1ccccc1)C(=O)N[C@@H](CCCCN)C(=O)N[C@@H](CCCN=C(N)N)C(=O)N[C@@H](Cc1ccc(C#N)cc1)C(=O)O. The number of nitriles is 1. The molecule has 2 aromatic carbocycles. The maximum atomic E-state index is 13.7. The summed E-state index contributed by atoms with van der Waals surface area (Å²) in [6.45, 7) is 2.46. The fourth-order valence-electron chi connectivity index (χ4n) is 5.01. The topological polar surface area (TPSA) is 268 Å². The van der Waals surface area contributed by atoms with Crippen LogP contribution in [0.25, 0.3) is 0 Å². The van der Waals surface area contributed by atoms with E-state index in [9.17, 15) is 29.1 Å². The van der Waals surface area contributed by atoms with Gasteiger partial charge in [0.25, 0.3) is 5.91 Å². The quantitative estimate of drug-likeness (QED) is 0.0489. The fraction of sp³-hybridized carbons (Fsp3) is 0.457. The average Bonchev–Trinajstić information content (AvgIpc) is 3.10. The molecule has 0 bridgehead atoms. The van der Waals surface area contributed by atoms with Crippen molar-refractivity contribution in [1.29, 1.82) is 5.26 Å². The third-order valence-corrected chi connectivity index (χ3v) is 7.80. The Morgan fingerprint density at radius 2 is 1.30 bits per heavy atom. The molecule has 0 fully saturated rings. The van der Waals surface area contributed by atoms with Crippen molar-refractivity contribution >= 4 is 35.6 Å². The molecule has 4 amide bonds. The third-order valence-electron chi connectivity index (χ3n) is 7.80. The number of unbranched alkanes of at least 4 members (excludes halogenated alkanes) is 2. The minimum absolute atomic E-state index is 0.0489. The first kappa shape index (κ1) is 40.7. The van der Waals surface area contributed by atoms with Crippen LogP contribution in [0.4, 0.5) is 0 Å². The molecule has 4 atom stereocenters. The highest BCUT2D eigenvalue weighted by Gasteiger charge is 2.31. The van der Waals surface area contributed by atoms with E-state index in [4.69, 9.17) is 22.5 Å². The van der Waals surface area contributed by atoms with Crippen LogP contribution in [-0.2, 0) is 25.6 Å². The molecule has 11 N–H and O–H groups in total. The normalized spacial score (nSPS) is 13.0. The Morgan fingerprint density at radius 1 is 0.760 bits per heavy atom. The zero-order valence-corrected chi connectivity index (χ0v) is 28.4. The van der Waals surface area contributed by atoms with Gasteiger partial charge in [-0.15, -0.1) is 0 Å². The molecule has 0 saturated carbocycles. The molecule has 2 aromatic rings. The minimum atomic E-state index is -1.35. The largest absolute Gasteiger partial charge is 0.480 e. The molecule has 0 saturated heterocycles. The zero-order valence-electron chi connectivity index (χ0n) is 28.4. The Labute approximate surface area is 292 Å². The molecule has 15 heteroatoms. The standard InChI is InChI=1S/C35H49N9O6/c1-2-3-12-26(41-30(45)25-10-5-4-6-11-25)31(46)42-27(13-7-8-19-36)32(47)43-28(14-9-20-40-35(38)39)33(48)44-29(34(49)50)21-23-15-17-24(22-37)18-16-23/h4-6,10-11,15-18,26-29H,2-3,7-9,12-14,19-21,36H2,1H3,(H,41,45)(H,42,46)(H,43,47)(H,44,48)(H,49,50)(H4,38,39,40)/t26-,27-,28-,29-/m0/s1. The van der Waals surface area contributed by atoms with Gasteiger partial charge in [-0.25, -0.2) is 4.79 Å². The van der Waals surface area contributed by atoms with Gasteiger partial charge in [0.2, 0.25) is 17.7 Å². The highest BCUT2D eigenvalue weighted by atomic mass is 16.4. The second-order valence-electron chi connectivity index (χ2n) is 11.8. The summed E-state index contributed by atoms with van der Waals surface area (Å²) >= 11 is 0. The summed E-state index contributed by atoms with van der Waals surface area (Å²) in [6.07, 6.45) is 3.23. The molecule has 0 aliphatic heterocycles. The van der Waals surface area contributed by atoms with E-state index in [1.807, 2.05) is 13.0 Å². The Hall–Kier alpha value is -5.49. The lowest BCUT2D eigenvalue weighted by Crippen LogP contribution is -2.58. The molecular weight excluding hydrogens is 642 g/mol. The summed E-state index contributed by atoms with van der Waals surface area (Å²) in [5.74, 6) is -3.86. The molecule has 0 aliphatic rings. The van der Waals surface area contributed by atoms with E-state index in [2.05, 4.69) is 26.3 Å². The van der Waals surface area contributed by atoms with E-state index >= 15 is 0 Å². The Morgan fingerprint density at radius 3 is 1.82 bits per heavy atom. The van der Waals surface area contributed by atoms with Crippen LogP contribution in [0, 0.1) is 11.3 Å². The van der Waals surface area contributed by atoms with Crippen molar-refractivity contribution in [2.75, 3.05) is 13.1 Å². The number of carbonyl (C=O) groups is 5.